The van der Waals surface area contributed by atoms with Crippen LogP contribution in [0.15, 0.2) is 17.3 Å². The molecule has 0 atom stereocenters. The fourth-order valence-electron chi connectivity index (χ4n) is 1.09. The quantitative estimate of drug-likeness (QED) is 0.569. The van der Waals surface area contributed by atoms with Gasteiger partial charge in [-0.05, 0) is 0 Å². The molecule has 100 valence electrons. The van der Waals surface area contributed by atoms with Crippen LogP contribution in [-0.4, -0.2) is 44.4 Å². The van der Waals surface area contributed by atoms with Gasteiger partial charge in [0.25, 0.3) is 0 Å². The standard InChI is InChI=1S/C9H15N5O3S/c1-7(15)11-3-4-14-18(16,17)8-5-12-9(10-2)13-6-8/h5-6,14H,3-4H2,1-2H3,(H,11,15)(H,10,12,13). The number of rotatable bonds is 6. The van der Waals surface area contributed by atoms with Crippen molar-refractivity contribution < 1.29 is 13.2 Å². The van der Waals surface area contributed by atoms with Crippen molar-refractivity contribution in [3.8, 4) is 0 Å². The normalized spacial score (nSPS) is 11.0. The fourth-order valence-corrected chi connectivity index (χ4v) is 2.01. The molecule has 1 heterocycles. The van der Waals surface area contributed by atoms with Crippen molar-refractivity contribution in [2.75, 3.05) is 25.5 Å². The highest BCUT2D eigenvalue weighted by atomic mass is 32.2. The lowest BCUT2D eigenvalue weighted by atomic mass is 10.6. The summed E-state index contributed by atoms with van der Waals surface area (Å²) < 4.78 is 25.8. The lowest BCUT2D eigenvalue weighted by Crippen LogP contribution is -2.33. The Hall–Kier alpha value is -1.74. The summed E-state index contributed by atoms with van der Waals surface area (Å²) in [6.07, 6.45) is 2.42. The molecule has 0 saturated heterocycles. The number of carbonyl (C=O) groups is 1. The first-order valence-corrected chi connectivity index (χ1v) is 6.68. The maximum atomic E-state index is 11.8. The van der Waals surface area contributed by atoms with Gasteiger partial charge in [-0.3, -0.25) is 4.79 Å². The Morgan fingerprint density at radius 3 is 2.39 bits per heavy atom. The lowest BCUT2D eigenvalue weighted by molar-refractivity contribution is -0.118. The van der Waals surface area contributed by atoms with Crippen LogP contribution in [-0.2, 0) is 14.8 Å². The molecule has 18 heavy (non-hydrogen) atoms. The van der Waals surface area contributed by atoms with E-state index in [0.29, 0.717) is 5.95 Å². The van der Waals surface area contributed by atoms with Crippen LogP contribution in [0.3, 0.4) is 0 Å². The van der Waals surface area contributed by atoms with Crippen LogP contribution in [0.4, 0.5) is 5.95 Å². The van der Waals surface area contributed by atoms with Crippen LogP contribution in [0.2, 0.25) is 0 Å². The minimum Gasteiger partial charge on any atom is -0.357 e. The molecular formula is C9H15N5O3S. The molecule has 0 radical (unpaired) electrons. The molecule has 8 nitrogen and oxygen atoms in total. The number of nitrogens with zero attached hydrogens (tertiary/aromatic N) is 2. The van der Waals surface area contributed by atoms with Gasteiger partial charge in [0.15, 0.2) is 0 Å². The summed E-state index contributed by atoms with van der Waals surface area (Å²) >= 11 is 0. The Kier molecular flexibility index (Phi) is 4.98. The topological polar surface area (TPSA) is 113 Å². The van der Waals surface area contributed by atoms with Crippen molar-refractivity contribution in [1.29, 1.82) is 0 Å². The molecule has 1 aromatic heterocycles. The first-order valence-electron chi connectivity index (χ1n) is 5.19. The molecule has 1 amide bonds. The zero-order valence-corrected chi connectivity index (χ0v) is 10.9. The van der Waals surface area contributed by atoms with Crippen LogP contribution >= 0.6 is 0 Å². The van der Waals surface area contributed by atoms with Crippen LogP contribution < -0.4 is 15.4 Å². The van der Waals surface area contributed by atoms with Gasteiger partial charge in [-0.25, -0.2) is 23.1 Å². The molecule has 0 aliphatic heterocycles. The number of sulfonamides is 1. The summed E-state index contributed by atoms with van der Waals surface area (Å²) in [5.41, 5.74) is 0. The van der Waals surface area contributed by atoms with Crippen LogP contribution in [0.5, 0.6) is 0 Å². The molecular weight excluding hydrogens is 258 g/mol. The Bertz CT molecular complexity index is 499. The Morgan fingerprint density at radius 2 is 1.89 bits per heavy atom. The van der Waals surface area contributed by atoms with Gasteiger partial charge in [-0.1, -0.05) is 0 Å². The minimum atomic E-state index is -3.64. The summed E-state index contributed by atoms with van der Waals surface area (Å²) in [6.45, 7) is 1.69. The van der Waals surface area contributed by atoms with E-state index in [1.54, 1.807) is 7.05 Å². The van der Waals surface area contributed by atoms with Gasteiger partial charge in [-0.2, -0.15) is 0 Å². The molecule has 0 unspecified atom stereocenters. The lowest BCUT2D eigenvalue weighted by Gasteiger charge is -2.06. The molecule has 0 fully saturated rings. The highest BCUT2D eigenvalue weighted by Gasteiger charge is 2.14. The van der Waals surface area contributed by atoms with Gasteiger partial charge in [-0.15, -0.1) is 0 Å². The first-order chi connectivity index (χ1) is 8.45. The van der Waals surface area contributed by atoms with Gasteiger partial charge < -0.3 is 10.6 Å². The number of carbonyl (C=O) groups excluding carboxylic acids is 1. The predicted octanol–water partition coefficient (Wildman–Crippen LogP) is -1.07. The van der Waals surface area contributed by atoms with E-state index in [0.717, 1.165) is 0 Å². The summed E-state index contributed by atoms with van der Waals surface area (Å²) in [5, 5.41) is 5.17. The number of anilines is 1. The van der Waals surface area contributed by atoms with E-state index in [9.17, 15) is 13.2 Å². The third-order valence-electron chi connectivity index (χ3n) is 1.95. The van der Waals surface area contributed by atoms with Crippen LogP contribution in [0, 0.1) is 0 Å². The van der Waals surface area contributed by atoms with Crippen molar-refractivity contribution in [3.63, 3.8) is 0 Å². The van der Waals surface area contributed by atoms with Gasteiger partial charge in [0.2, 0.25) is 21.9 Å². The van der Waals surface area contributed by atoms with Gasteiger partial charge in [0.05, 0.1) is 12.4 Å². The smallest absolute Gasteiger partial charge is 0.243 e. The zero-order valence-electron chi connectivity index (χ0n) is 10.1. The Labute approximate surface area is 105 Å². The number of nitrogens with one attached hydrogen (secondary N) is 3. The fraction of sp³-hybridized carbons (Fsp3) is 0.444. The predicted molar refractivity (Wildman–Crippen MR) is 65.5 cm³/mol. The zero-order chi connectivity index (χ0) is 13.6. The van der Waals surface area contributed by atoms with Gasteiger partial charge in [0, 0.05) is 27.1 Å². The second kappa shape index (κ2) is 6.26. The summed E-state index contributed by atoms with van der Waals surface area (Å²) in [6, 6.07) is 0. The van der Waals surface area contributed by atoms with Crippen LogP contribution in [0.25, 0.3) is 0 Å². The summed E-state index contributed by atoms with van der Waals surface area (Å²) in [7, 11) is -2.00. The summed E-state index contributed by atoms with van der Waals surface area (Å²) in [5.74, 6) is 0.128. The molecule has 9 heteroatoms. The third kappa shape index (κ3) is 4.26. The molecule has 3 N–H and O–H groups in total. The van der Waals surface area contributed by atoms with E-state index in [4.69, 9.17) is 0 Å². The second-order valence-electron chi connectivity index (χ2n) is 3.37. The van der Waals surface area contributed by atoms with Gasteiger partial charge >= 0.3 is 0 Å². The van der Waals surface area contributed by atoms with Crippen molar-refractivity contribution in [2.24, 2.45) is 0 Å². The van der Waals surface area contributed by atoms with E-state index < -0.39 is 10.0 Å². The van der Waals surface area contributed by atoms with E-state index in [1.165, 1.54) is 19.3 Å². The number of hydrogen-bond acceptors (Lipinski definition) is 6. The Morgan fingerprint density at radius 1 is 1.28 bits per heavy atom. The van der Waals surface area contributed by atoms with Crippen LogP contribution in [0.1, 0.15) is 6.92 Å². The monoisotopic (exact) mass is 273 g/mol. The SMILES string of the molecule is CNc1ncc(S(=O)(=O)NCCNC(C)=O)cn1. The summed E-state index contributed by atoms with van der Waals surface area (Å²) in [4.78, 5) is 18.2. The molecule has 0 aliphatic carbocycles. The average molecular weight is 273 g/mol. The second-order valence-corrected chi connectivity index (χ2v) is 5.14. The molecule has 0 aromatic carbocycles. The average Bonchev–Trinajstić information content (AvgIpc) is 2.34. The number of amides is 1. The number of hydrogen-bond donors (Lipinski definition) is 3. The third-order valence-corrected chi connectivity index (χ3v) is 3.37. The molecule has 1 aromatic rings. The van der Waals surface area contributed by atoms with E-state index in [-0.39, 0.29) is 23.9 Å². The molecule has 0 spiro atoms. The van der Waals surface area contributed by atoms with Crippen molar-refractivity contribution >= 4 is 21.9 Å². The maximum Gasteiger partial charge on any atom is 0.243 e. The van der Waals surface area contributed by atoms with E-state index in [2.05, 4.69) is 25.3 Å². The Balaban J connectivity index is 2.59. The molecule has 1 rings (SSSR count). The van der Waals surface area contributed by atoms with Crippen molar-refractivity contribution in [2.45, 2.75) is 11.8 Å². The number of aromatic nitrogens is 2. The highest BCUT2D eigenvalue weighted by Crippen LogP contribution is 2.06. The highest BCUT2D eigenvalue weighted by molar-refractivity contribution is 7.89. The molecule has 0 aliphatic rings. The first kappa shape index (κ1) is 14.3. The van der Waals surface area contributed by atoms with E-state index >= 15 is 0 Å². The van der Waals surface area contributed by atoms with Crippen molar-refractivity contribution in [1.82, 2.24) is 20.0 Å². The van der Waals surface area contributed by atoms with E-state index in [1.807, 2.05) is 0 Å². The largest absolute Gasteiger partial charge is 0.357 e. The maximum absolute atomic E-state index is 11.8. The van der Waals surface area contributed by atoms with Crippen molar-refractivity contribution in [3.05, 3.63) is 12.4 Å². The van der Waals surface area contributed by atoms with Gasteiger partial charge in [0.1, 0.15) is 4.90 Å². The molecule has 0 bridgehead atoms. The molecule has 0 saturated carbocycles. The minimum absolute atomic E-state index is 0.0238.